The fourth-order valence-corrected chi connectivity index (χ4v) is 2.65. The molecule has 3 heterocycles. The average Bonchev–Trinajstić information content (AvgIpc) is 3.01. The van der Waals surface area contributed by atoms with Gasteiger partial charge in [-0.1, -0.05) is 6.92 Å². The van der Waals surface area contributed by atoms with Gasteiger partial charge in [-0.15, -0.1) is 0 Å². The van der Waals surface area contributed by atoms with Crippen LogP contribution in [0.5, 0.6) is 0 Å². The van der Waals surface area contributed by atoms with E-state index in [1.807, 2.05) is 12.1 Å². The summed E-state index contributed by atoms with van der Waals surface area (Å²) in [5.41, 5.74) is 2.28. The Balaban J connectivity index is 2.05. The van der Waals surface area contributed by atoms with Gasteiger partial charge in [-0.2, -0.15) is 0 Å². The van der Waals surface area contributed by atoms with E-state index in [4.69, 9.17) is 9.40 Å². The third-order valence-corrected chi connectivity index (χ3v) is 3.70. The minimum absolute atomic E-state index is 0.679. The monoisotopic (exact) mass is 272 g/mol. The first-order chi connectivity index (χ1) is 9.79. The van der Waals surface area contributed by atoms with E-state index in [2.05, 4.69) is 29.0 Å². The highest BCUT2D eigenvalue weighted by atomic mass is 16.3. The molecule has 0 bridgehead atoms. The summed E-state index contributed by atoms with van der Waals surface area (Å²) in [5, 5.41) is 3.38. The first-order valence-electron chi connectivity index (χ1n) is 7.16. The van der Waals surface area contributed by atoms with Gasteiger partial charge in [0.15, 0.2) is 11.6 Å². The summed E-state index contributed by atoms with van der Waals surface area (Å²) in [7, 11) is 0. The zero-order chi connectivity index (χ0) is 13.9. The fraction of sp³-hybridized carbons (Fsp3) is 0.467. The van der Waals surface area contributed by atoms with Crippen LogP contribution < -0.4 is 10.2 Å². The topological polar surface area (TPSA) is 54.2 Å². The molecule has 2 aromatic heterocycles. The van der Waals surface area contributed by atoms with Gasteiger partial charge < -0.3 is 14.6 Å². The Kier molecular flexibility index (Phi) is 3.69. The van der Waals surface area contributed by atoms with E-state index in [0.717, 1.165) is 49.9 Å². The van der Waals surface area contributed by atoms with Crippen LogP contribution in [0.3, 0.4) is 0 Å². The highest BCUT2D eigenvalue weighted by Gasteiger charge is 2.19. The molecular formula is C15H20N4O. The van der Waals surface area contributed by atoms with Crippen molar-refractivity contribution in [3.8, 4) is 11.6 Å². The second-order valence-corrected chi connectivity index (χ2v) is 5.00. The Bertz CT molecular complexity index is 574. The number of furan rings is 1. The minimum atomic E-state index is 0.679. The predicted octanol–water partition coefficient (Wildman–Crippen LogP) is 2.02. The molecule has 1 saturated heterocycles. The summed E-state index contributed by atoms with van der Waals surface area (Å²) in [5.74, 6) is 2.47. The largest absolute Gasteiger partial charge is 0.461 e. The lowest BCUT2D eigenvalue weighted by Gasteiger charge is -2.30. The Morgan fingerprint density at radius 1 is 1.30 bits per heavy atom. The molecule has 1 fully saturated rings. The van der Waals surface area contributed by atoms with Crippen molar-refractivity contribution in [2.75, 3.05) is 31.1 Å². The molecule has 5 nitrogen and oxygen atoms in total. The molecule has 1 aliphatic heterocycles. The lowest BCUT2D eigenvalue weighted by atomic mass is 10.1. The quantitative estimate of drug-likeness (QED) is 0.926. The summed E-state index contributed by atoms with van der Waals surface area (Å²) < 4.78 is 5.43. The first-order valence-corrected chi connectivity index (χ1v) is 7.16. The van der Waals surface area contributed by atoms with Gasteiger partial charge in [0.25, 0.3) is 0 Å². The number of aromatic nitrogens is 2. The van der Waals surface area contributed by atoms with Gasteiger partial charge in [0.05, 0.1) is 6.26 Å². The number of hydrogen-bond acceptors (Lipinski definition) is 5. The van der Waals surface area contributed by atoms with Gasteiger partial charge in [-0.3, -0.25) is 0 Å². The number of piperazine rings is 1. The molecule has 3 rings (SSSR count). The smallest absolute Gasteiger partial charge is 0.197 e. The number of aryl methyl sites for hydroxylation is 1. The van der Waals surface area contributed by atoms with Crippen LogP contribution in [-0.2, 0) is 6.42 Å². The van der Waals surface area contributed by atoms with Crippen LogP contribution in [0, 0.1) is 6.92 Å². The number of anilines is 1. The lowest BCUT2D eigenvalue weighted by molar-refractivity contribution is 0.571. The van der Waals surface area contributed by atoms with E-state index < -0.39 is 0 Å². The van der Waals surface area contributed by atoms with Crippen molar-refractivity contribution in [2.24, 2.45) is 0 Å². The Morgan fingerprint density at radius 3 is 2.75 bits per heavy atom. The highest BCUT2D eigenvalue weighted by molar-refractivity contribution is 5.57. The third-order valence-electron chi connectivity index (χ3n) is 3.70. The molecule has 0 unspecified atom stereocenters. The molecule has 20 heavy (non-hydrogen) atoms. The van der Waals surface area contributed by atoms with Crippen LogP contribution in [0.1, 0.15) is 18.2 Å². The Hall–Kier alpha value is -1.88. The normalized spacial score (nSPS) is 15.6. The highest BCUT2D eigenvalue weighted by Crippen LogP contribution is 2.26. The molecule has 0 atom stereocenters. The molecule has 5 heteroatoms. The van der Waals surface area contributed by atoms with E-state index in [1.165, 1.54) is 5.56 Å². The van der Waals surface area contributed by atoms with Crippen molar-refractivity contribution in [2.45, 2.75) is 20.3 Å². The van der Waals surface area contributed by atoms with Crippen molar-refractivity contribution in [3.63, 3.8) is 0 Å². The zero-order valence-corrected chi connectivity index (χ0v) is 12.0. The Labute approximate surface area is 119 Å². The molecule has 0 radical (unpaired) electrons. The van der Waals surface area contributed by atoms with E-state index >= 15 is 0 Å². The number of nitrogens with zero attached hydrogens (tertiary/aromatic N) is 3. The second kappa shape index (κ2) is 5.63. The van der Waals surface area contributed by atoms with Crippen LogP contribution >= 0.6 is 0 Å². The van der Waals surface area contributed by atoms with Crippen molar-refractivity contribution in [1.82, 2.24) is 15.3 Å². The van der Waals surface area contributed by atoms with Gasteiger partial charge in [-0.25, -0.2) is 9.97 Å². The van der Waals surface area contributed by atoms with Crippen molar-refractivity contribution >= 4 is 5.82 Å². The van der Waals surface area contributed by atoms with Crippen molar-refractivity contribution in [1.29, 1.82) is 0 Å². The standard InChI is InChI=1S/C15H20N4O/c1-3-12-11(2)17-14(13-5-4-10-20-13)18-15(12)19-8-6-16-7-9-19/h4-5,10,16H,3,6-9H2,1-2H3. The fourth-order valence-electron chi connectivity index (χ4n) is 2.65. The van der Waals surface area contributed by atoms with Crippen molar-refractivity contribution in [3.05, 3.63) is 29.7 Å². The molecule has 0 spiro atoms. The van der Waals surface area contributed by atoms with Gasteiger partial charge in [0, 0.05) is 37.4 Å². The van der Waals surface area contributed by atoms with E-state index in [-0.39, 0.29) is 0 Å². The summed E-state index contributed by atoms with van der Waals surface area (Å²) in [6.45, 7) is 8.19. The molecule has 2 aromatic rings. The number of rotatable bonds is 3. The lowest BCUT2D eigenvalue weighted by Crippen LogP contribution is -2.44. The molecule has 0 saturated carbocycles. The molecule has 0 aliphatic carbocycles. The summed E-state index contributed by atoms with van der Waals surface area (Å²) >= 11 is 0. The second-order valence-electron chi connectivity index (χ2n) is 5.00. The van der Waals surface area contributed by atoms with Gasteiger partial charge in [-0.05, 0) is 25.5 Å². The zero-order valence-electron chi connectivity index (χ0n) is 12.0. The van der Waals surface area contributed by atoms with Crippen molar-refractivity contribution < 1.29 is 4.42 Å². The first kappa shape index (κ1) is 13.1. The van der Waals surface area contributed by atoms with E-state index in [0.29, 0.717) is 5.82 Å². The Morgan fingerprint density at radius 2 is 2.10 bits per heavy atom. The molecule has 0 aromatic carbocycles. The molecule has 0 amide bonds. The third kappa shape index (κ3) is 2.41. The summed E-state index contributed by atoms with van der Waals surface area (Å²) in [6, 6.07) is 3.77. The molecular weight excluding hydrogens is 252 g/mol. The number of nitrogens with one attached hydrogen (secondary N) is 1. The van der Waals surface area contributed by atoms with Gasteiger partial charge in [0.2, 0.25) is 0 Å². The van der Waals surface area contributed by atoms with E-state index in [1.54, 1.807) is 6.26 Å². The van der Waals surface area contributed by atoms with Crippen LogP contribution in [0.15, 0.2) is 22.8 Å². The van der Waals surface area contributed by atoms with Crippen LogP contribution in [0.25, 0.3) is 11.6 Å². The SMILES string of the molecule is CCc1c(C)nc(-c2ccco2)nc1N1CCNCC1. The summed E-state index contributed by atoms with van der Waals surface area (Å²) in [6.07, 6.45) is 2.61. The maximum Gasteiger partial charge on any atom is 0.197 e. The van der Waals surface area contributed by atoms with Crippen LogP contribution in [-0.4, -0.2) is 36.1 Å². The van der Waals surface area contributed by atoms with Crippen LogP contribution in [0.2, 0.25) is 0 Å². The predicted molar refractivity (Wildman–Crippen MR) is 78.9 cm³/mol. The minimum Gasteiger partial charge on any atom is -0.461 e. The van der Waals surface area contributed by atoms with E-state index in [9.17, 15) is 0 Å². The molecule has 106 valence electrons. The van der Waals surface area contributed by atoms with Crippen LogP contribution in [0.4, 0.5) is 5.82 Å². The number of hydrogen-bond donors (Lipinski definition) is 1. The average molecular weight is 272 g/mol. The maximum absolute atomic E-state index is 5.43. The molecule has 1 N–H and O–H groups in total. The maximum atomic E-state index is 5.43. The molecule has 1 aliphatic rings. The van der Waals surface area contributed by atoms with Gasteiger partial charge in [0.1, 0.15) is 5.82 Å². The summed E-state index contributed by atoms with van der Waals surface area (Å²) in [4.78, 5) is 11.7. The van der Waals surface area contributed by atoms with Gasteiger partial charge >= 0.3 is 0 Å².